The zero-order chi connectivity index (χ0) is 14.7. The molecule has 1 amide bonds. The summed E-state index contributed by atoms with van der Waals surface area (Å²) in [4.78, 5) is 17.8. The summed E-state index contributed by atoms with van der Waals surface area (Å²) in [6, 6.07) is 10.2. The fourth-order valence-corrected chi connectivity index (χ4v) is 3.43. The molecule has 2 aromatic rings. The van der Waals surface area contributed by atoms with Crippen LogP contribution in [-0.2, 0) is 0 Å². The molecule has 0 spiro atoms. The lowest BCUT2D eigenvalue weighted by Crippen LogP contribution is -2.42. The lowest BCUT2D eigenvalue weighted by Gasteiger charge is -2.23. The number of carbonyl (C=O) groups excluding carboxylic acids is 1. The van der Waals surface area contributed by atoms with Gasteiger partial charge in [-0.1, -0.05) is 30.3 Å². The number of aromatic nitrogens is 1. The van der Waals surface area contributed by atoms with E-state index in [2.05, 4.69) is 15.6 Å². The Hall–Kier alpha value is -1.72. The topological polar surface area (TPSA) is 54.0 Å². The first kappa shape index (κ1) is 14.2. The number of hydrogen-bond donors (Lipinski definition) is 2. The van der Waals surface area contributed by atoms with Crippen LogP contribution in [0.1, 0.15) is 27.5 Å². The minimum Gasteiger partial charge on any atom is -0.348 e. The highest BCUT2D eigenvalue weighted by Gasteiger charge is 2.21. The van der Waals surface area contributed by atoms with E-state index in [-0.39, 0.29) is 11.9 Å². The second kappa shape index (κ2) is 6.37. The van der Waals surface area contributed by atoms with Gasteiger partial charge in [0.1, 0.15) is 4.88 Å². The lowest BCUT2D eigenvalue weighted by atomic mass is 10.1. The van der Waals surface area contributed by atoms with Crippen molar-refractivity contribution < 1.29 is 4.79 Å². The van der Waals surface area contributed by atoms with E-state index in [0.29, 0.717) is 0 Å². The standard InChI is InChI=1S/C16H19N3OS/c1-11-18-14(12-5-3-2-4-6-12)15(21-11)16(20)19-13-7-9-17-10-8-13/h2-6,13,17H,7-10H2,1H3,(H,19,20). The second-order valence-corrected chi connectivity index (χ2v) is 6.48. The summed E-state index contributed by atoms with van der Waals surface area (Å²) in [6.45, 7) is 3.88. The van der Waals surface area contributed by atoms with Crippen molar-refractivity contribution in [3.05, 3.63) is 40.2 Å². The molecule has 2 N–H and O–H groups in total. The van der Waals surface area contributed by atoms with Gasteiger partial charge in [0, 0.05) is 11.6 Å². The van der Waals surface area contributed by atoms with Gasteiger partial charge in [-0.2, -0.15) is 0 Å². The molecule has 1 aromatic carbocycles. The van der Waals surface area contributed by atoms with Crippen molar-refractivity contribution in [2.75, 3.05) is 13.1 Å². The van der Waals surface area contributed by atoms with E-state index < -0.39 is 0 Å². The number of rotatable bonds is 3. The van der Waals surface area contributed by atoms with Crippen molar-refractivity contribution >= 4 is 17.2 Å². The molecular weight excluding hydrogens is 282 g/mol. The Morgan fingerprint density at radius 1 is 1.29 bits per heavy atom. The third kappa shape index (κ3) is 3.31. The molecule has 5 heteroatoms. The smallest absolute Gasteiger partial charge is 0.263 e. The maximum Gasteiger partial charge on any atom is 0.263 e. The summed E-state index contributed by atoms with van der Waals surface area (Å²) in [5, 5.41) is 7.38. The zero-order valence-corrected chi connectivity index (χ0v) is 12.9. The average Bonchev–Trinajstić information content (AvgIpc) is 2.91. The van der Waals surface area contributed by atoms with Crippen LogP contribution in [0.25, 0.3) is 11.3 Å². The number of hydrogen-bond acceptors (Lipinski definition) is 4. The second-order valence-electron chi connectivity index (χ2n) is 5.27. The highest BCUT2D eigenvalue weighted by atomic mass is 32.1. The van der Waals surface area contributed by atoms with Crippen LogP contribution in [0.3, 0.4) is 0 Å². The minimum absolute atomic E-state index is 0.00588. The van der Waals surface area contributed by atoms with Crippen molar-refractivity contribution in [2.24, 2.45) is 0 Å². The monoisotopic (exact) mass is 301 g/mol. The maximum absolute atomic E-state index is 12.6. The summed E-state index contributed by atoms with van der Waals surface area (Å²) < 4.78 is 0. The molecule has 0 aliphatic carbocycles. The Bertz CT molecular complexity index is 618. The normalized spacial score (nSPS) is 15.9. The van der Waals surface area contributed by atoms with Crippen LogP contribution < -0.4 is 10.6 Å². The van der Waals surface area contributed by atoms with E-state index in [9.17, 15) is 4.79 Å². The molecule has 1 saturated heterocycles. The predicted molar refractivity (Wildman–Crippen MR) is 85.6 cm³/mol. The van der Waals surface area contributed by atoms with Crippen molar-refractivity contribution in [3.63, 3.8) is 0 Å². The number of nitrogens with zero attached hydrogens (tertiary/aromatic N) is 1. The van der Waals surface area contributed by atoms with Crippen LogP contribution in [0, 0.1) is 6.92 Å². The molecule has 0 bridgehead atoms. The molecule has 1 fully saturated rings. The molecule has 2 heterocycles. The van der Waals surface area contributed by atoms with Crippen molar-refractivity contribution in [2.45, 2.75) is 25.8 Å². The minimum atomic E-state index is 0.00588. The van der Waals surface area contributed by atoms with Crippen molar-refractivity contribution in [3.8, 4) is 11.3 Å². The fourth-order valence-electron chi connectivity index (χ4n) is 2.59. The van der Waals surface area contributed by atoms with Gasteiger partial charge in [0.05, 0.1) is 10.7 Å². The summed E-state index contributed by atoms with van der Waals surface area (Å²) in [5.41, 5.74) is 1.79. The molecule has 1 aromatic heterocycles. The Morgan fingerprint density at radius 2 is 2.00 bits per heavy atom. The summed E-state index contributed by atoms with van der Waals surface area (Å²) in [7, 11) is 0. The van der Waals surface area contributed by atoms with Gasteiger partial charge in [-0.15, -0.1) is 11.3 Å². The highest BCUT2D eigenvalue weighted by Crippen LogP contribution is 2.28. The van der Waals surface area contributed by atoms with Gasteiger partial charge in [-0.25, -0.2) is 4.98 Å². The average molecular weight is 301 g/mol. The summed E-state index contributed by atoms with van der Waals surface area (Å²) in [5.74, 6) is 0.00588. The van der Waals surface area contributed by atoms with Gasteiger partial charge in [0.15, 0.2) is 0 Å². The summed E-state index contributed by atoms with van der Waals surface area (Å²) in [6.07, 6.45) is 1.98. The lowest BCUT2D eigenvalue weighted by molar-refractivity contribution is 0.0934. The Kier molecular flexibility index (Phi) is 4.31. The molecular formula is C16H19N3OS. The van der Waals surface area contributed by atoms with Gasteiger partial charge < -0.3 is 10.6 Å². The molecule has 0 atom stereocenters. The molecule has 0 radical (unpaired) electrons. The molecule has 0 saturated carbocycles. The van der Waals surface area contributed by atoms with Gasteiger partial charge in [0.2, 0.25) is 0 Å². The number of nitrogens with one attached hydrogen (secondary N) is 2. The zero-order valence-electron chi connectivity index (χ0n) is 12.1. The largest absolute Gasteiger partial charge is 0.348 e. The number of aryl methyl sites for hydroxylation is 1. The molecule has 0 unspecified atom stereocenters. The SMILES string of the molecule is Cc1nc(-c2ccccc2)c(C(=O)NC2CCNCC2)s1. The number of piperidine rings is 1. The van der Waals surface area contributed by atoms with Gasteiger partial charge in [-0.3, -0.25) is 4.79 Å². The third-order valence-electron chi connectivity index (χ3n) is 3.66. The molecule has 3 rings (SSSR count). The van der Waals surface area contributed by atoms with Crippen LogP contribution in [0.2, 0.25) is 0 Å². The number of amides is 1. The molecule has 1 aliphatic rings. The van der Waals surface area contributed by atoms with Crippen LogP contribution in [0.5, 0.6) is 0 Å². The Balaban J connectivity index is 1.83. The van der Waals surface area contributed by atoms with E-state index in [1.807, 2.05) is 37.3 Å². The van der Waals surface area contributed by atoms with Gasteiger partial charge in [0.25, 0.3) is 5.91 Å². The van der Waals surface area contributed by atoms with Gasteiger partial charge >= 0.3 is 0 Å². The third-order valence-corrected chi connectivity index (χ3v) is 4.63. The van der Waals surface area contributed by atoms with E-state index in [4.69, 9.17) is 0 Å². The van der Waals surface area contributed by atoms with Crippen molar-refractivity contribution in [1.29, 1.82) is 0 Å². The quantitative estimate of drug-likeness (QED) is 0.916. The Labute approximate surface area is 128 Å². The highest BCUT2D eigenvalue weighted by molar-refractivity contribution is 7.14. The van der Waals surface area contributed by atoms with E-state index in [0.717, 1.165) is 47.1 Å². The summed E-state index contributed by atoms with van der Waals surface area (Å²) >= 11 is 1.47. The molecule has 21 heavy (non-hydrogen) atoms. The first-order valence-corrected chi connectivity index (χ1v) is 8.10. The molecule has 110 valence electrons. The molecule has 4 nitrogen and oxygen atoms in total. The van der Waals surface area contributed by atoms with Crippen molar-refractivity contribution in [1.82, 2.24) is 15.6 Å². The van der Waals surface area contributed by atoms with E-state index in [1.54, 1.807) is 0 Å². The van der Waals surface area contributed by atoms with Crippen LogP contribution in [0.4, 0.5) is 0 Å². The first-order valence-electron chi connectivity index (χ1n) is 7.28. The van der Waals surface area contributed by atoms with Crippen LogP contribution >= 0.6 is 11.3 Å². The number of benzene rings is 1. The van der Waals surface area contributed by atoms with Gasteiger partial charge in [-0.05, 0) is 32.9 Å². The fraction of sp³-hybridized carbons (Fsp3) is 0.375. The first-order chi connectivity index (χ1) is 10.2. The number of thiazole rings is 1. The van der Waals surface area contributed by atoms with E-state index in [1.165, 1.54) is 11.3 Å². The predicted octanol–water partition coefficient (Wildman–Crippen LogP) is 2.60. The van der Waals surface area contributed by atoms with E-state index >= 15 is 0 Å². The Morgan fingerprint density at radius 3 is 2.71 bits per heavy atom. The van der Waals surface area contributed by atoms with Crippen LogP contribution in [-0.4, -0.2) is 30.0 Å². The van der Waals surface area contributed by atoms with Crippen LogP contribution in [0.15, 0.2) is 30.3 Å². The maximum atomic E-state index is 12.6. The molecule has 1 aliphatic heterocycles. The number of carbonyl (C=O) groups is 1.